The van der Waals surface area contributed by atoms with Crippen molar-refractivity contribution in [2.75, 3.05) is 20.7 Å². The summed E-state index contributed by atoms with van der Waals surface area (Å²) in [6.07, 6.45) is -3.02. The molecule has 0 aromatic heterocycles. The summed E-state index contributed by atoms with van der Waals surface area (Å²) in [5.74, 6) is -3.19. The molecule has 1 saturated heterocycles. The highest BCUT2D eigenvalue weighted by molar-refractivity contribution is 5.89. The minimum absolute atomic E-state index is 0.159. The number of aliphatic hydroxyl groups excluding tert-OH is 1. The van der Waals surface area contributed by atoms with Crippen molar-refractivity contribution >= 4 is 23.7 Å². The molecule has 2 bridgehead atoms. The number of hydrogen-bond acceptors (Lipinski definition) is 11. The molecule has 5 rings (SSSR count). The molecule has 3 N–H and O–H groups in total. The van der Waals surface area contributed by atoms with Crippen LogP contribution in [0.5, 0.6) is 11.5 Å². The second kappa shape index (κ2) is 9.61. The molecule has 0 unspecified atom stereocenters. The molecule has 39 heavy (non-hydrogen) atoms. The third kappa shape index (κ3) is 4.09. The van der Waals surface area contributed by atoms with Crippen LogP contribution in [0.4, 0.5) is 0 Å². The Morgan fingerprint density at radius 1 is 1.23 bits per heavy atom. The Labute approximate surface area is 224 Å². The van der Waals surface area contributed by atoms with E-state index in [1.54, 1.807) is 6.08 Å². The summed E-state index contributed by atoms with van der Waals surface area (Å²) in [6, 6.07) is 3.61. The van der Waals surface area contributed by atoms with Crippen molar-refractivity contribution in [3.05, 3.63) is 35.1 Å². The van der Waals surface area contributed by atoms with Gasteiger partial charge in [-0.3, -0.25) is 14.4 Å². The van der Waals surface area contributed by atoms with E-state index in [9.17, 15) is 29.4 Å². The Morgan fingerprint density at radius 3 is 2.64 bits per heavy atom. The zero-order valence-corrected chi connectivity index (χ0v) is 21.8. The Morgan fingerprint density at radius 2 is 1.97 bits per heavy atom. The van der Waals surface area contributed by atoms with E-state index in [0.29, 0.717) is 30.9 Å². The van der Waals surface area contributed by atoms with Gasteiger partial charge in [-0.15, -0.1) is 0 Å². The number of ketones is 1. The molecule has 1 aromatic rings. The number of carboxylic acids is 1. The minimum atomic E-state index is -1.98. The quantitative estimate of drug-likeness (QED) is 0.362. The zero-order chi connectivity index (χ0) is 28.3. The van der Waals surface area contributed by atoms with Gasteiger partial charge in [0.1, 0.15) is 5.76 Å². The maximum Gasteiger partial charge on any atom is 0.336 e. The van der Waals surface area contributed by atoms with E-state index in [1.165, 1.54) is 7.11 Å². The maximum absolute atomic E-state index is 12.8. The number of ether oxygens (including phenoxy) is 4. The number of likely N-dealkylation sites (tertiary alicyclic amines) is 1. The van der Waals surface area contributed by atoms with Crippen LogP contribution in [0.25, 0.3) is 0 Å². The van der Waals surface area contributed by atoms with Gasteiger partial charge < -0.3 is 39.2 Å². The number of carbonyl (C=O) groups is 4. The van der Waals surface area contributed by atoms with Crippen LogP contribution in [-0.2, 0) is 40.5 Å². The monoisotopic (exact) mass is 545 g/mol. The predicted molar refractivity (Wildman–Crippen MR) is 131 cm³/mol. The largest absolute Gasteiger partial charge is 0.493 e. The van der Waals surface area contributed by atoms with Crippen LogP contribution >= 0.6 is 0 Å². The zero-order valence-electron chi connectivity index (χ0n) is 21.8. The number of methoxy groups -OCH3 is 1. The number of carboxylic acid groups (broad SMARTS) is 1. The molecule has 2 heterocycles. The first-order chi connectivity index (χ1) is 18.4. The third-order valence-electron chi connectivity index (χ3n) is 8.49. The van der Waals surface area contributed by atoms with Gasteiger partial charge in [0.05, 0.1) is 31.0 Å². The van der Waals surface area contributed by atoms with Crippen molar-refractivity contribution < 1.29 is 53.4 Å². The standard InChI is InChI=1S/C27H31NO11/c1-13(29)18(12-20(31)32)38-25(34)15(30)11-21(33)37-17-6-7-27(35)19-10-14-4-5-16(36-3)23-22(14)26(27,24(17)39-23)8-9-28(19)2/h4-6,15,18-19,24,30,35H,7-12H2,1-3H3,(H,31,32)/t15-,18-,19+,24-,26-,27+/m0/s1. The molecule has 12 nitrogen and oxygen atoms in total. The molecule has 1 spiro atoms. The summed E-state index contributed by atoms with van der Waals surface area (Å²) in [4.78, 5) is 49.7. The SMILES string of the molecule is COc1ccc2c3c1O[C@H]1C(OC(=O)C[C@H](O)C(=O)O[C@@H](CC(=O)O)C(C)=O)=CC[C@@]4(O)[C@@H](C2)N(C)CC[C@]314. The average Bonchev–Trinajstić information content (AvgIpc) is 3.22. The molecular weight excluding hydrogens is 514 g/mol. The molecule has 4 aliphatic rings. The van der Waals surface area contributed by atoms with Crippen LogP contribution in [0.2, 0.25) is 0 Å². The lowest BCUT2D eigenvalue weighted by Crippen LogP contribution is -2.74. The van der Waals surface area contributed by atoms with Gasteiger partial charge in [-0.05, 0) is 51.1 Å². The molecular formula is C27H31NO11. The number of piperidine rings is 1. The van der Waals surface area contributed by atoms with Crippen LogP contribution in [0.1, 0.15) is 43.7 Å². The molecule has 0 radical (unpaired) electrons. The molecule has 6 atom stereocenters. The highest BCUT2D eigenvalue weighted by atomic mass is 16.6. The van der Waals surface area contributed by atoms with Gasteiger partial charge in [0, 0.05) is 18.0 Å². The van der Waals surface area contributed by atoms with Crippen molar-refractivity contribution in [2.24, 2.45) is 0 Å². The highest BCUT2D eigenvalue weighted by Crippen LogP contribution is 2.65. The number of hydrogen-bond donors (Lipinski definition) is 3. The lowest BCUT2D eigenvalue weighted by Gasteiger charge is -2.61. The van der Waals surface area contributed by atoms with Gasteiger partial charge in [-0.25, -0.2) is 4.79 Å². The van der Waals surface area contributed by atoms with Gasteiger partial charge >= 0.3 is 17.9 Å². The lowest BCUT2D eigenvalue weighted by atomic mass is 9.50. The summed E-state index contributed by atoms with van der Waals surface area (Å²) in [5.41, 5.74) is -0.200. The number of esters is 2. The Balaban J connectivity index is 1.38. The number of likely N-dealkylation sites (N-methyl/N-ethyl adjacent to an activating group) is 1. The number of rotatable bonds is 9. The first-order valence-corrected chi connectivity index (χ1v) is 12.7. The summed E-state index contributed by atoms with van der Waals surface area (Å²) < 4.78 is 22.4. The van der Waals surface area contributed by atoms with E-state index >= 15 is 0 Å². The van der Waals surface area contributed by atoms with E-state index < -0.39 is 65.9 Å². The molecule has 0 saturated carbocycles. The van der Waals surface area contributed by atoms with Crippen molar-refractivity contribution in [3.63, 3.8) is 0 Å². The smallest absolute Gasteiger partial charge is 0.336 e. The number of carbonyl (C=O) groups excluding carboxylic acids is 3. The van der Waals surface area contributed by atoms with Gasteiger partial charge in [0.2, 0.25) is 0 Å². The summed E-state index contributed by atoms with van der Waals surface area (Å²) in [5, 5.41) is 31.3. The Hall–Kier alpha value is -3.48. The number of aliphatic carboxylic acids is 1. The molecule has 2 aliphatic carbocycles. The normalized spacial score (nSPS) is 29.7. The van der Waals surface area contributed by atoms with Crippen LogP contribution < -0.4 is 9.47 Å². The van der Waals surface area contributed by atoms with E-state index in [2.05, 4.69) is 4.90 Å². The van der Waals surface area contributed by atoms with Crippen molar-refractivity contribution in [3.8, 4) is 11.5 Å². The fourth-order valence-electron chi connectivity index (χ4n) is 6.65. The van der Waals surface area contributed by atoms with Crippen LogP contribution in [0.15, 0.2) is 24.0 Å². The van der Waals surface area contributed by atoms with Crippen LogP contribution in [0, 0.1) is 0 Å². The van der Waals surface area contributed by atoms with Gasteiger partial charge in [-0.2, -0.15) is 0 Å². The number of aliphatic hydroxyl groups is 2. The summed E-state index contributed by atoms with van der Waals surface area (Å²) in [6.45, 7) is 1.74. The minimum Gasteiger partial charge on any atom is -0.493 e. The van der Waals surface area contributed by atoms with Crippen LogP contribution in [-0.4, -0.2) is 94.6 Å². The van der Waals surface area contributed by atoms with Crippen molar-refractivity contribution in [1.29, 1.82) is 0 Å². The number of Topliss-reactive ketones (excluding diaryl/α,β-unsaturated/α-hetero) is 1. The molecule has 1 aromatic carbocycles. The van der Waals surface area contributed by atoms with E-state index in [4.69, 9.17) is 24.1 Å². The van der Waals surface area contributed by atoms with Crippen molar-refractivity contribution in [1.82, 2.24) is 4.90 Å². The molecule has 0 amide bonds. The average molecular weight is 546 g/mol. The Kier molecular flexibility index (Phi) is 6.68. The van der Waals surface area contributed by atoms with Gasteiger partial charge in [-0.1, -0.05) is 6.07 Å². The molecule has 1 fully saturated rings. The van der Waals surface area contributed by atoms with Crippen molar-refractivity contribution in [2.45, 2.75) is 74.4 Å². The predicted octanol–water partition coefficient (Wildman–Crippen LogP) is 0.243. The fraction of sp³-hybridized carbons (Fsp3) is 0.556. The molecule has 210 valence electrons. The van der Waals surface area contributed by atoms with E-state index in [1.807, 2.05) is 19.2 Å². The Bertz CT molecular complexity index is 1270. The first-order valence-electron chi connectivity index (χ1n) is 12.7. The van der Waals surface area contributed by atoms with Gasteiger partial charge in [0.15, 0.2) is 35.6 Å². The lowest BCUT2D eigenvalue weighted by molar-refractivity contribution is -0.173. The number of nitrogens with zero attached hydrogens (tertiary/aromatic N) is 1. The highest BCUT2D eigenvalue weighted by Gasteiger charge is 2.72. The fourth-order valence-corrected chi connectivity index (χ4v) is 6.65. The van der Waals surface area contributed by atoms with E-state index in [0.717, 1.165) is 18.1 Å². The summed E-state index contributed by atoms with van der Waals surface area (Å²) in [7, 11) is 3.50. The second-order valence-corrected chi connectivity index (χ2v) is 10.6. The number of benzene rings is 1. The maximum atomic E-state index is 12.8. The van der Waals surface area contributed by atoms with Crippen LogP contribution in [0.3, 0.4) is 0 Å². The first kappa shape index (κ1) is 27.1. The van der Waals surface area contributed by atoms with Gasteiger partial charge in [0.25, 0.3) is 0 Å². The third-order valence-corrected chi connectivity index (χ3v) is 8.49. The summed E-state index contributed by atoms with van der Waals surface area (Å²) >= 11 is 0. The van der Waals surface area contributed by atoms with E-state index in [-0.39, 0.29) is 18.2 Å². The molecule has 12 heteroatoms. The topological polar surface area (TPSA) is 169 Å². The second-order valence-electron chi connectivity index (χ2n) is 10.6. The molecule has 2 aliphatic heterocycles.